The van der Waals surface area contributed by atoms with Gasteiger partial charge in [-0.15, -0.1) is 0 Å². The third-order valence-corrected chi connectivity index (χ3v) is 3.27. The van der Waals surface area contributed by atoms with Crippen LogP contribution in [-0.2, 0) is 4.79 Å². The zero-order chi connectivity index (χ0) is 11.1. The van der Waals surface area contributed by atoms with Crippen LogP contribution in [0.2, 0.25) is 0 Å². The van der Waals surface area contributed by atoms with Crippen LogP contribution in [0, 0.1) is 24.2 Å². The van der Waals surface area contributed by atoms with E-state index in [1.165, 1.54) is 0 Å². The molecule has 0 aliphatic heterocycles. The van der Waals surface area contributed by atoms with E-state index >= 15 is 0 Å². The first kappa shape index (κ1) is 13.5. The quantitative estimate of drug-likeness (QED) is 0.671. The molecule has 0 rings (SSSR count). The Hall–Kier alpha value is -0.530. The van der Waals surface area contributed by atoms with Crippen molar-refractivity contribution in [2.24, 2.45) is 23.5 Å². The summed E-state index contributed by atoms with van der Waals surface area (Å²) in [4.78, 5) is 11.3. The highest BCUT2D eigenvalue weighted by molar-refractivity contribution is 5.77. The average molecular weight is 198 g/mol. The second-order valence-electron chi connectivity index (χ2n) is 4.12. The van der Waals surface area contributed by atoms with Gasteiger partial charge in [-0.2, -0.15) is 0 Å². The molecule has 0 saturated carbocycles. The molecule has 0 aromatic heterocycles. The molecule has 0 bridgehead atoms. The van der Waals surface area contributed by atoms with Gasteiger partial charge in [-0.25, -0.2) is 0 Å². The lowest BCUT2D eigenvalue weighted by Crippen LogP contribution is -2.30. The summed E-state index contributed by atoms with van der Waals surface area (Å²) in [6.07, 6.45) is 5.28. The number of hydrogen-bond acceptors (Lipinski definition) is 1. The highest BCUT2D eigenvalue weighted by atomic mass is 16.1. The zero-order valence-corrected chi connectivity index (χ0v) is 9.92. The number of primary amides is 1. The van der Waals surface area contributed by atoms with Crippen LogP contribution >= 0.6 is 0 Å². The van der Waals surface area contributed by atoms with E-state index in [2.05, 4.69) is 27.2 Å². The standard InChI is InChI=1S/C12H24NO/c1-5-9(4)11(12(13)14)8-10(6-2)7-3/h5,9-11H,6-8H2,1-4H3,(H2,13,14). The topological polar surface area (TPSA) is 43.1 Å². The lowest BCUT2D eigenvalue weighted by molar-refractivity contribution is -0.123. The van der Waals surface area contributed by atoms with Crippen molar-refractivity contribution in [3.8, 4) is 0 Å². The third kappa shape index (κ3) is 4.12. The van der Waals surface area contributed by atoms with Gasteiger partial charge in [0.15, 0.2) is 0 Å². The summed E-state index contributed by atoms with van der Waals surface area (Å²) in [7, 11) is 0. The molecule has 2 atom stereocenters. The fraction of sp³-hybridized carbons (Fsp3) is 0.833. The summed E-state index contributed by atoms with van der Waals surface area (Å²) in [6.45, 7) is 8.41. The first-order valence-electron chi connectivity index (χ1n) is 5.65. The smallest absolute Gasteiger partial charge is 0.220 e. The van der Waals surface area contributed by atoms with E-state index in [-0.39, 0.29) is 11.8 Å². The van der Waals surface area contributed by atoms with Crippen molar-refractivity contribution in [3.63, 3.8) is 0 Å². The monoisotopic (exact) mass is 198 g/mol. The summed E-state index contributed by atoms with van der Waals surface area (Å²) < 4.78 is 0. The molecule has 1 radical (unpaired) electrons. The second-order valence-corrected chi connectivity index (χ2v) is 4.12. The van der Waals surface area contributed by atoms with Gasteiger partial charge in [0.25, 0.3) is 0 Å². The van der Waals surface area contributed by atoms with Crippen molar-refractivity contribution < 1.29 is 4.79 Å². The van der Waals surface area contributed by atoms with E-state index in [4.69, 9.17) is 5.73 Å². The molecular weight excluding hydrogens is 174 g/mol. The van der Waals surface area contributed by atoms with Crippen LogP contribution in [0.5, 0.6) is 0 Å². The molecule has 0 aromatic rings. The molecule has 83 valence electrons. The van der Waals surface area contributed by atoms with Gasteiger partial charge in [-0.05, 0) is 24.7 Å². The van der Waals surface area contributed by atoms with E-state index in [9.17, 15) is 4.79 Å². The van der Waals surface area contributed by atoms with Gasteiger partial charge in [0.05, 0.1) is 0 Å². The van der Waals surface area contributed by atoms with Crippen molar-refractivity contribution in [2.75, 3.05) is 0 Å². The van der Waals surface area contributed by atoms with Crippen molar-refractivity contribution in [3.05, 3.63) is 6.42 Å². The molecule has 0 aliphatic carbocycles. The Morgan fingerprint density at radius 3 is 2.14 bits per heavy atom. The third-order valence-electron chi connectivity index (χ3n) is 3.27. The Labute approximate surface area is 88.3 Å². The molecule has 2 nitrogen and oxygen atoms in total. The molecule has 0 heterocycles. The molecule has 14 heavy (non-hydrogen) atoms. The molecule has 0 saturated heterocycles. The van der Waals surface area contributed by atoms with Crippen LogP contribution in [-0.4, -0.2) is 5.91 Å². The van der Waals surface area contributed by atoms with E-state index in [1.807, 2.05) is 6.92 Å². The fourth-order valence-electron chi connectivity index (χ4n) is 1.80. The number of nitrogens with two attached hydrogens (primary N) is 1. The van der Waals surface area contributed by atoms with Crippen molar-refractivity contribution in [1.82, 2.24) is 0 Å². The molecule has 2 unspecified atom stereocenters. The van der Waals surface area contributed by atoms with Gasteiger partial charge in [-0.1, -0.05) is 40.5 Å². The fourth-order valence-corrected chi connectivity index (χ4v) is 1.80. The second kappa shape index (κ2) is 6.86. The SMILES string of the molecule is C[CH]C(C)C(CC(CC)CC)C(N)=O. The predicted molar refractivity (Wildman–Crippen MR) is 60.5 cm³/mol. The zero-order valence-electron chi connectivity index (χ0n) is 9.92. The van der Waals surface area contributed by atoms with Gasteiger partial charge >= 0.3 is 0 Å². The van der Waals surface area contributed by atoms with E-state index < -0.39 is 0 Å². The predicted octanol–water partition coefficient (Wildman–Crippen LogP) is 2.77. The number of carbonyl (C=O) groups excluding carboxylic acids is 1. The summed E-state index contributed by atoms with van der Waals surface area (Å²) in [5, 5.41) is 0. The molecule has 0 fully saturated rings. The largest absolute Gasteiger partial charge is 0.369 e. The molecular formula is C12H24NO. The maximum Gasteiger partial charge on any atom is 0.220 e. The lowest BCUT2D eigenvalue weighted by atomic mass is 9.82. The Balaban J connectivity index is 4.28. The highest BCUT2D eigenvalue weighted by Crippen LogP contribution is 2.25. The summed E-state index contributed by atoms with van der Waals surface area (Å²) in [5.41, 5.74) is 5.41. The van der Waals surface area contributed by atoms with Crippen molar-refractivity contribution in [2.45, 2.75) is 47.0 Å². The number of hydrogen-bond donors (Lipinski definition) is 1. The Morgan fingerprint density at radius 1 is 1.36 bits per heavy atom. The van der Waals surface area contributed by atoms with Gasteiger partial charge in [-0.3, -0.25) is 4.79 Å². The first-order chi connectivity index (χ1) is 6.56. The highest BCUT2D eigenvalue weighted by Gasteiger charge is 2.24. The van der Waals surface area contributed by atoms with Crippen molar-refractivity contribution >= 4 is 5.91 Å². The normalized spacial score (nSPS) is 15.5. The number of rotatable bonds is 7. The van der Waals surface area contributed by atoms with Crippen LogP contribution in [0.15, 0.2) is 0 Å². The van der Waals surface area contributed by atoms with E-state index in [1.54, 1.807) is 0 Å². The molecule has 0 aliphatic rings. The Bertz CT molecular complexity index is 164. The maximum absolute atomic E-state index is 11.3. The van der Waals surface area contributed by atoms with E-state index in [0.717, 1.165) is 19.3 Å². The van der Waals surface area contributed by atoms with Crippen LogP contribution in [0.4, 0.5) is 0 Å². The van der Waals surface area contributed by atoms with Crippen LogP contribution < -0.4 is 5.73 Å². The van der Waals surface area contributed by atoms with Gasteiger partial charge in [0.1, 0.15) is 0 Å². The molecule has 0 spiro atoms. The summed E-state index contributed by atoms with van der Waals surface area (Å²) >= 11 is 0. The van der Waals surface area contributed by atoms with Gasteiger partial charge in [0.2, 0.25) is 5.91 Å². The minimum atomic E-state index is -0.150. The van der Waals surface area contributed by atoms with Crippen LogP contribution in [0.3, 0.4) is 0 Å². The first-order valence-corrected chi connectivity index (χ1v) is 5.65. The van der Waals surface area contributed by atoms with E-state index in [0.29, 0.717) is 11.8 Å². The number of amides is 1. The molecule has 2 heteroatoms. The summed E-state index contributed by atoms with van der Waals surface area (Å²) in [5.74, 6) is 0.801. The molecule has 2 N–H and O–H groups in total. The average Bonchev–Trinajstić information content (AvgIpc) is 2.18. The Kier molecular flexibility index (Phi) is 6.60. The number of carbonyl (C=O) groups is 1. The minimum absolute atomic E-state index is 0.0184. The lowest BCUT2D eigenvalue weighted by Gasteiger charge is -2.23. The van der Waals surface area contributed by atoms with Crippen molar-refractivity contribution in [1.29, 1.82) is 0 Å². The minimum Gasteiger partial charge on any atom is -0.369 e. The summed E-state index contributed by atoms with van der Waals surface area (Å²) in [6, 6.07) is 0. The Morgan fingerprint density at radius 2 is 1.86 bits per heavy atom. The van der Waals surface area contributed by atoms with Gasteiger partial charge in [0, 0.05) is 5.92 Å². The molecule has 0 aromatic carbocycles. The molecule has 1 amide bonds. The maximum atomic E-state index is 11.3. The van der Waals surface area contributed by atoms with Gasteiger partial charge < -0.3 is 5.73 Å². The van der Waals surface area contributed by atoms with Crippen LogP contribution in [0.1, 0.15) is 47.0 Å². The van der Waals surface area contributed by atoms with Crippen LogP contribution in [0.25, 0.3) is 0 Å².